The van der Waals surface area contributed by atoms with E-state index in [2.05, 4.69) is 19.9 Å². The third-order valence-corrected chi connectivity index (χ3v) is 3.22. The molecule has 0 heterocycles. The fourth-order valence-corrected chi connectivity index (χ4v) is 2.09. The second-order valence-corrected chi connectivity index (χ2v) is 5.08. The van der Waals surface area contributed by atoms with Crippen molar-refractivity contribution in [2.24, 2.45) is 5.73 Å². The monoisotopic (exact) mass is 273 g/mol. The topological polar surface area (TPSA) is 35.2 Å². The quantitative estimate of drug-likeness (QED) is 0.884. The van der Waals surface area contributed by atoms with Gasteiger partial charge in [-0.3, -0.25) is 0 Å². The van der Waals surface area contributed by atoms with E-state index in [1.54, 1.807) is 12.1 Å². The molecule has 20 heavy (non-hydrogen) atoms. The smallest absolute Gasteiger partial charge is 0.133 e. The minimum absolute atomic E-state index is 0.270. The summed E-state index contributed by atoms with van der Waals surface area (Å²) in [6, 6.07) is 12.7. The van der Waals surface area contributed by atoms with Gasteiger partial charge in [-0.1, -0.05) is 32.0 Å². The molecule has 0 aliphatic rings. The normalized spacial score (nSPS) is 10.8. The van der Waals surface area contributed by atoms with Gasteiger partial charge in [0.25, 0.3) is 0 Å². The molecule has 2 nitrogen and oxygen atoms in total. The van der Waals surface area contributed by atoms with Crippen LogP contribution in [0, 0.1) is 5.82 Å². The van der Waals surface area contributed by atoms with Crippen LogP contribution in [0.1, 0.15) is 30.9 Å². The van der Waals surface area contributed by atoms with Crippen molar-refractivity contribution in [3.05, 3.63) is 59.4 Å². The SMILES string of the molecule is CC(C)c1cccc(Oc2cccc(F)c2CCN)c1. The van der Waals surface area contributed by atoms with Gasteiger partial charge in [-0.25, -0.2) is 4.39 Å². The summed E-state index contributed by atoms with van der Waals surface area (Å²) in [5, 5.41) is 0. The Hall–Kier alpha value is -1.87. The van der Waals surface area contributed by atoms with E-state index in [1.807, 2.05) is 18.2 Å². The van der Waals surface area contributed by atoms with Crippen LogP contribution >= 0.6 is 0 Å². The summed E-state index contributed by atoms with van der Waals surface area (Å²) < 4.78 is 19.6. The van der Waals surface area contributed by atoms with Crippen LogP contribution in [0.3, 0.4) is 0 Å². The Kier molecular flexibility index (Phi) is 4.74. The second-order valence-electron chi connectivity index (χ2n) is 5.08. The molecule has 0 aromatic heterocycles. The van der Waals surface area contributed by atoms with Crippen LogP contribution in [0.2, 0.25) is 0 Å². The van der Waals surface area contributed by atoms with Crippen LogP contribution in [0.25, 0.3) is 0 Å². The summed E-state index contributed by atoms with van der Waals surface area (Å²) in [5.41, 5.74) is 7.26. The highest BCUT2D eigenvalue weighted by Gasteiger charge is 2.10. The molecule has 2 aromatic carbocycles. The third kappa shape index (κ3) is 3.36. The predicted molar refractivity (Wildman–Crippen MR) is 79.8 cm³/mol. The summed E-state index contributed by atoms with van der Waals surface area (Å²) in [6.07, 6.45) is 0.464. The first-order valence-electron chi connectivity index (χ1n) is 6.87. The zero-order chi connectivity index (χ0) is 14.5. The van der Waals surface area contributed by atoms with Crippen molar-refractivity contribution in [1.29, 1.82) is 0 Å². The molecule has 0 saturated heterocycles. The van der Waals surface area contributed by atoms with Gasteiger partial charge in [0.15, 0.2) is 0 Å². The summed E-state index contributed by atoms with van der Waals surface area (Å²) in [6.45, 7) is 4.64. The van der Waals surface area contributed by atoms with Crippen molar-refractivity contribution in [3.8, 4) is 11.5 Å². The number of hydrogen-bond donors (Lipinski definition) is 1. The number of ether oxygens (including phenoxy) is 1. The van der Waals surface area contributed by atoms with Gasteiger partial charge in [-0.05, 0) is 48.7 Å². The molecule has 106 valence electrons. The van der Waals surface area contributed by atoms with Gasteiger partial charge < -0.3 is 10.5 Å². The fraction of sp³-hybridized carbons (Fsp3) is 0.294. The standard InChI is InChI=1S/C17H20FNO/c1-12(2)13-5-3-6-14(11-13)20-17-8-4-7-16(18)15(17)9-10-19/h3-8,11-12H,9-10,19H2,1-2H3. The molecule has 2 N–H and O–H groups in total. The van der Waals surface area contributed by atoms with E-state index in [9.17, 15) is 4.39 Å². The highest BCUT2D eigenvalue weighted by Crippen LogP contribution is 2.29. The molecule has 0 bridgehead atoms. The van der Waals surface area contributed by atoms with Gasteiger partial charge in [0.1, 0.15) is 17.3 Å². The minimum atomic E-state index is -0.270. The van der Waals surface area contributed by atoms with Crippen LogP contribution in [0.4, 0.5) is 4.39 Å². The lowest BCUT2D eigenvalue weighted by Crippen LogP contribution is -2.06. The first-order chi connectivity index (χ1) is 9.61. The molecule has 0 aliphatic heterocycles. The van der Waals surface area contributed by atoms with E-state index in [4.69, 9.17) is 10.5 Å². The fourth-order valence-electron chi connectivity index (χ4n) is 2.09. The average Bonchev–Trinajstić information content (AvgIpc) is 2.43. The molecule has 2 aromatic rings. The van der Waals surface area contributed by atoms with Gasteiger partial charge in [0.05, 0.1) is 0 Å². The molecule has 3 heteroatoms. The molecule has 0 unspecified atom stereocenters. The molecule has 0 fully saturated rings. The molecular weight excluding hydrogens is 253 g/mol. The first-order valence-corrected chi connectivity index (χ1v) is 6.87. The van der Waals surface area contributed by atoms with Crippen LogP contribution in [0.5, 0.6) is 11.5 Å². The molecule has 0 atom stereocenters. The lowest BCUT2D eigenvalue weighted by atomic mass is 10.0. The number of hydrogen-bond acceptors (Lipinski definition) is 2. The molecule has 2 rings (SSSR count). The molecule has 0 amide bonds. The lowest BCUT2D eigenvalue weighted by Gasteiger charge is -2.13. The number of rotatable bonds is 5. The van der Waals surface area contributed by atoms with Crippen molar-refractivity contribution < 1.29 is 9.13 Å². The van der Waals surface area contributed by atoms with Gasteiger partial charge in [-0.15, -0.1) is 0 Å². The second kappa shape index (κ2) is 6.53. The van der Waals surface area contributed by atoms with Gasteiger partial charge in [-0.2, -0.15) is 0 Å². The lowest BCUT2D eigenvalue weighted by molar-refractivity contribution is 0.466. The van der Waals surface area contributed by atoms with Crippen LogP contribution in [-0.4, -0.2) is 6.54 Å². The van der Waals surface area contributed by atoms with Gasteiger partial charge in [0, 0.05) is 5.56 Å². The summed E-state index contributed by atoms with van der Waals surface area (Å²) in [5.74, 6) is 1.42. The Morgan fingerprint density at radius 3 is 2.60 bits per heavy atom. The molecule has 0 aliphatic carbocycles. The zero-order valence-corrected chi connectivity index (χ0v) is 11.9. The summed E-state index contributed by atoms with van der Waals surface area (Å²) in [7, 11) is 0. The van der Waals surface area contributed by atoms with E-state index < -0.39 is 0 Å². The van der Waals surface area contributed by atoms with E-state index >= 15 is 0 Å². The largest absolute Gasteiger partial charge is 0.457 e. The maximum absolute atomic E-state index is 13.8. The minimum Gasteiger partial charge on any atom is -0.457 e. The summed E-state index contributed by atoms with van der Waals surface area (Å²) >= 11 is 0. The van der Waals surface area contributed by atoms with Crippen molar-refractivity contribution in [1.82, 2.24) is 0 Å². The average molecular weight is 273 g/mol. The maximum Gasteiger partial charge on any atom is 0.133 e. The van der Waals surface area contributed by atoms with Crippen LogP contribution < -0.4 is 10.5 Å². The Labute approximate surface area is 119 Å². The Morgan fingerprint density at radius 1 is 1.15 bits per heavy atom. The third-order valence-electron chi connectivity index (χ3n) is 3.22. The Bertz CT molecular complexity index is 581. The molecule has 0 spiro atoms. The number of halogens is 1. The van der Waals surface area contributed by atoms with E-state index in [1.165, 1.54) is 11.6 Å². The zero-order valence-electron chi connectivity index (χ0n) is 11.9. The highest BCUT2D eigenvalue weighted by molar-refractivity contribution is 5.40. The number of nitrogens with two attached hydrogens (primary N) is 1. The van der Waals surface area contributed by atoms with Gasteiger partial charge >= 0.3 is 0 Å². The van der Waals surface area contributed by atoms with Gasteiger partial charge in [0.2, 0.25) is 0 Å². The van der Waals surface area contributed by atoms with Crippen molar-refractivity contribution in [2.75, 3.05) is 6.54 Å². The van der Waals surface area contributed by atoms with Crippen LogP contribution in [-0.2, 0) is 6.42 Å². The summed E-state index contributed by atoms with van der Waals surface area (Å²) in [4.78, 5) is 0. The molecular formula is C17H20FNO. The van der Waals surface area contributed by atoms with Crippen LogP contribution in [0.15, 0.2) is 42.5 Å². The molecule has 0 saturated carbocycles. The van der Waals surface area contributed by atoms with Crippen molar-refractivity contribution >= 4 is 0 Å². The van der Waals surface area contributed by atoms with E-state index in [0.29, 0.717) is 30.2 Å². The Balaban J connectivity index is 2.30. The Morgan fingerprint density at radius 2 is 1.90 bits per heavy atom. The first kappa shape index (κ1) is 14.5. The van der Waals surface area contributed by atoms with E-state index in [0.717, 1.165) is 5.75 Å². The van der Waals surface area contributed by atoms with Crippen molar-refractivity contribution in [3.63, 3.8) is 0 Å². The van der Waals surface area contributed by atoms with Crippen molar-refractivity contribution in [2.45, 2.75) is 26.2 Å². The number of benzene rings is 2. The predicted octanol–water partition coefficient (Wildman–Crippen LogP) is 4.24. The van der Waals surface area contributed by atoms with E-state index in [-0.39, 0.29) is 5.82 Å². The molecule has 0 radical (unpaired) electrons. The highest BCUT2D eigenvalue weighted by atomic mass is 19.1. The maximum atomic E-state index is 13.8.